The van der Waals surface area contributed by atoms with Gasteiger partial charge in [-0.25, -0.2) is 0 Å². The van der Waals surface area contributed by atoms with Gasteiger partial charge in [0.15, 0.2) is 0 Å². The second-order valence-corrected chi connectivity index (χ2v) is 6.47. The molecule has 0 saturated heterocycles. The van der Waals surface area contributed by atoms with E-state index in [0.29, 0.717) is 0 Å². The van der Waals surface area contributed by atoms with E-state index in [9.17, 15) is 10.2 Å². The highest BCUT2D eigenvalue weighted by atomic mass is 16.5. The molecule has 0 bridgehead atoms. The second kappa shape index (κ2) is 7.52. The Morgan fingerprint density at radius 1 is 1.00 bits per heavy atom. The van der Waals surface area contributed by atoms with Crippen LogP contribution in [0.2, 0.25) is 0 Å². The minimum absolute atomic E-state index is 0.00427. The Kier molecular flexibility index (Phi) is 5.17. The van der Waals surface area contributed by atoms with Gasteiger partial charge in [0.1, 0.15) is 17.3 Å². The van der Waals surface area contributed by atoms with Crippen LogP contribution in [-0.2, 0) is 10.2 Å². The summed E-state index contributed by atoms with van der Waals surface area (Å²) in [6.07, 6.45) is 11.6. The first kappa shape index (κ1) is 17.9. The molecule has 0 spiro atoms. The van der Waals surface area contributed by atoms with Gasteiger partial charge in [-0.05, 0) is 54.0 Å². The molecule has 0 heterocycles. The molecule has 3 nitrogen and oxygen atoms in total. The van der Waals surface area contributed by atoms with E-state index in [0.717, 1.165) is 23.3 Å². The molecule has 1 aliphatic carbocycles. The average molecular weight is 348 g/mol. The van der Waals surface area contributed by atoms with Crippen LogP contribution in [0.5, 0.6) is 11.5 Å². The maximum absolute atomic E-state index is 9.71. The molecule has 0 aromatic heterocycles. The molecule has 3 rings (SSSR count). The van der Waals surface area contributed by atoms with Crippen molar-refractivity contribution in [3.8, 4) is 11.5 Å². The predicted octanol–water partition coefficient (Wildman–Crippen LogP) is 5.19. The van der Waals surface area contributed by atoms with Gasteiger partial charge < -0.3 is 14.9 Å². The van der Waals surface area contributed by atoms with Gasteiger partial charge in [0.05, 0.1) is 7.11 Å². The summed E-state index contributed by atoms with van der Waals surface area (Å²) in [5.41, 5.74) is 1.76. The van der Waals surface area contributed by atoms with Crippen molar-refractivity contribution in [2.75, 3.05) is 7.11 Å². The highest BCUT2D eigenvalue weighted by molar-refractivity contribution is 5.51. The van der Waals surface area contributed by atoms with Crippen LogP contribution >= 0.6 is 0 Å². The highest BCUT2D eigenvalue weighted by Crippen LogP contribution is 2.46. The molecule has 26 heavy (non-hydrogen) atoms. The van der Waals surface area contributed by atoms with E-state index >= 15 is 0 Å². The molecule has 0 fully saturated rings. The van der Waals surface area contributed by atoms with Gasteiger partial charge >= 0.3 is 0 Å². The van der Waals surface area contributed by atoms with E-state index in [1.807, 2.05) is 30.3 Å². The molecule has 3 heteroatoms. The van der Waals surface area contributed by atoms with E-state index in [4.69, 9.17) is 4.74 Å². The second-order valence-electron chi connectivity index (χ2n) is 6.47. The summed E-state index contributed by atoms with van der Waals surface area (Å²) >= 11 is 0. The fourth-order valence-electron chi connectivity index (χ4n) is 3.47. The first-order valence-electron chi connectivity index (χ1n) is 8.80. The first-order valence-corrected chi connectivity index (χ1v) is 8.80. The molecule has 2 atom stereocenters. The topological polar surface area (TPSA) is 49.7 Å². The third-order valence-electron chi connectivity index (χ3n) is 4.85. The number of phenolic OH excluding ortho intramolecular Hbond substituents is 2. The van der Waals surface area contributed by atoms with E-state index in [1.165, 1.54) is 0 Å². The van der Waals surface area contributed by atoms with E-state index in [1.54, 1.807) is 31.4 Å². The van der Waals surface area contributed by atoms with Crippen LogP contribution < -0.4 is 0 Å². The maximum atomic E-state index is 9.71. The van der Waals surface area contributed by atoms with Crippen LogP contribution in [-0.4, -0.2) is 17.3 Å². The van der Waals surface area contributed by atoms with Gasteiger partial charge in [-0.3, -0.25) is 0 Å². The Hall–Kier alpha value is -2.94. The molecule has 2 unspecified atom stereocenters. The number of hydrogen-bond acceptors (Lipinski definition) is 3. The monoisotopic (exact) mass is 348 g/mol. The summed E-state index contributed by atoms with van der Waals surface area (Å²) in [6.45, 7) is 2.11. The zero-order valence-electron chi connectivity index (χ0n) is 15.1. The summed E-state index contributed by atoms with van der Waals surface area (Å²) in [7, 11) is 1.67. The number of methoxy groups -OCH3 is 1. The number of allylic oxidation sites excluding steroid dienone is 5. The summed E-state index contributed by atoms with van der Waals surface area (Å²) in [5, 5.41) is 19.4. The van der Waals surface area contributed by atoms with Crippen LogP contribution in [0.25, 0.3) is 0 Å². The maximum Gasteiger partial charge on any atom is 0.115 e. The standard InChI is InChI=1S/C23H24O3/c1-3-4-14-23(18-7-11-20(25)12-8-18)15-13-21(26-2)16-22(23)17-5-9-19(24)10-6-17/h4-16,22,24-25H,3H2,1-2H3. The Labute approximate surface area is 154 Å². The van der Waals surface area contributed by atoms with Crippen molar-refractivity contribution in [2.45, 2.75) is 24.7 Å². The third kappa shape index (κ3) is 3.38. The summed E-state index contributed by atoms with van der Waals surface area (Å²) in [5.74, 6) is 1.30. The number of ether oxygens (including phenoxy) is 1. The lowest BCUT2D eigenvalue weighted by molar-refractivity contribution is 0.298. The van der Waals surface area contributed by atoms with Gasteiger partial charge in [0.25, 0.3) is 0 Å². The van der Waals surface area contributed by atoms with Crippen LogP contribution in [0.1, 0.15) is 30.4 Å². The van der Waals surface area contributed by atoms with Crippen molar-refractivity contribution in [3.05, 3.63) is 95.8 Å². The largest absolute Gasteiger partial charge is 0.508 e. The first-order chi connectivity index (χ1) is 12.6. The zero-order valence-corrected chi connectivity index (χ0v) is 15.1. The Bertz CT molecular complexity index is 829. The van der Waals surface area contributed by atoms with Crippen LogP contribution in [0.4, 0.5) is 0 Å². The molecule has 1 aliphatic rings. The third-order valence-corrected chi connectivity index (χ3v) is 4.85. The lowest BCUT2D eigenvalue weighted by Gasteiger charge is -2.38. The molecule has 0 saturated carbocycles. The van der Waals surface area contributed by atoms with Crippen molar-refractivity contribution in [3.63, 3.8) is 0 Å². The minimum Gasteiger partial charge on any atom is -0.508 e. The van der Waals surface area contributed by atoms with Crippen LogP contribution in [0.3, 0.4) is 0 Å². The van der Waals surface area contributed by atoms with Gasteiger partial charge in [0, 0.05) is 11.3 Å². The average Bonchev–Trinajstić information content (AvgIpc) is 2.67. The molecule has 2 aromatic carbocycles. The summed E-state index contributed by atoms with van der Waals surface area (Å²) in [4.78, 5) is 0. The molecule has 0 radical (unpaired) electrons. The van der Waals surface area contributed by atoms with Crippen molar-refractivity contribution < 1.29 is 14.9 Å². The minimum atomic E-state index is -0.400. The van der Waals surface area contributed by atoms with Gasteiger partial charge in [-0.1, -0.05) is 49.4 Å². The summed E-state index contributed by atoms with van der Waals surface area (Å²) in [6, 6.07) is 14.6. The lowest BCUT2D eigenvalue weighted by Crippen LogP contribution is -2.31. The molecule has 134 valence electrons. The highest BCUT2D eigenvalue weighted by Gasteiger charge is 2.38. The Morgan fingerprint density at radius 3 is 2.19 bits per heavy atom. The van der Waals surface area contributed by atoms with Crippen LogP contribution in [0.15, 0.2) is 84.7 Å². The van der Waals surface area contributed by atoms with E-state index in [-0.39, 0.29) is 17.4 Å². The summed E-state index contributed by atoms with van der Waals surface area (Å²) < 4.78 is 5.48. The Balaban J connectivity index is 2.20. The van der Waals surface area contributed by atoms with Crippen molar-refractivity contribution in [1.82, 2.24) is 0 Å². The van der Waals surface area contributed by atoms with Gasteiger partial charge in [-0.2, -0.15) is 0 Å². The lowest BCUT2D eigenvalue weighted by atomic mass is 9.65. The molecule has 2 aromatic rings. The smallest absolute Gasteiger partial charge is 0.115 e. The SMILES string of the molecule is CCC=CC1(c2ccc(O)cc2)C=CC(OC)=CC1c1ccc(O)cc1. The fourth-order valence-corrected chi connectivity index (χ4v) is 3.47. The number of benzene rings is 2. The van der Waals surface area contributed by atoms with Gasteiger partial charge in [0.2, 0.25) is 0 Å². The number of aromatic hydroxyl groups is 2. The molecule has 2 N–H and O–H groups in total. The normalized spacial score (nSPS) is 22.4. The van der Waals surface area contributed by atoms with Crippen LogP contribution in [0, 0.1) is 0 Å². The fraction of sp³-hybridized carbons (Fsp3) is 0.217. The van der Waals surface area contributed by atoms with Crippen molar-refractivity contribution in [2.24, 2.45) is 0 Å². The Morgan fingerprint density at radius 2 is 1.62 bits per heavy atom. The molecule has 0 aliphatic heterocycles. The van der Waals surface area contributed by atoms with Gasteiger partial charge in [-0.15, -0.1) is 0 Å². The number of rotatable bonds is 5. The molecular weight excluding hydrogens is 324 g/mol. The predicted molar refractivity (Wildman–Crippen MR) is 104 cm³/mol. The molecular formula is C23H24O3. The van der Waals surface area contributed by atoms with Crippen molar-refractivity contribution in [1.29, 1.82) is 0 Å². The molecule has 0 amide bonds. The van der Waals surface area contributed by atoms with Crippen molar-refractivity contribution >= 4 is 0 Å². The number of phenols is 2. The number of hydrogen-bond donors (Lipinski definition) is 2. The van der Waals surface area contributed by atoms with E-state index in [2.05, 4.69) is 31.2 Å². The van der Waals surface area contributed by atoms with E-state index < -0.39 is 5.41 Å². The quantitative estimate of drug-likeness (QED) is 0.732. The zero-order chi connectivity index (χ0) is 18.6.